The van der Waals surface area contributed by atoms with Gasteiger partial charge in [-0.25, -0.2) is 23.1 Å². The minimum atomic E-state index is -3.87. The van der Waals surface area contributed by atoms with Gasteiger partial charge in [-0.15, -0.1) is 0 Å². The summed E-state index contributed by atoms with van der Waals surface area (Å²) in [6, 6.07) is 13.7. The first kappa shape index (κ1) is 24.4. The molecule has 0 radical (unpaired) electrons. The van der Waals surface area contributed by atoms with Crippen LogP contribution < -0.4 is 10.0 Å². The molecule has 8 nitrogen and oxygen atoms in total. The zero-order valence-corrected chi connectivity index (χ0v) is 21.2. The minimum absolute atomic E-state index is 0.0156. The molecule has 0 saturated heterocycles. The second-order valence-corrected chi connectivity index (χ2v) is 11.2. The molecule has 0 unspecified atom stereocenters. The van der Waals surface area contributed by atoms with Gasteiger partial charge in [-0.05, 0) is 67.3 Å². The number of carbonyl (C=O) groups is 1. The fraction of sp³-hybridized carbons (Fsp3) is 0.269. The second-order valence-electron chi connectivity index (χ2n) is 9.55. The van der Waals surface area contributed by atoms with Gasteiger partial charge in [0.2, 0.25) is 11.9 Å². The predicted molar refractivity (Wildman–Crippen MR) is 136 cm³/mol. The van der Waals surface area contributed by atoms with E-state index in [2.05, 4.69) is 46.8 Å². The summed E-state index contributed by atoms with van der Waals surface area (Å²) in [5.41, 5.74) is 4.47. The number of rotatable bonds is 6. The van der Waals surface area contributed by atoms with Crippen LogP contribution in [0.15, 0.2) is 64.1 Å². The third kappa shape index (κ3) is 5.68. The number of sulfonamides is 1. The van der Waals surface area contributed by atoms with E-state index < -0.39 is 10.0 Å². The number of nitrogens with zero attached hydrogens (tertiary/aromatic N) is 2. The van der Waals surface area contributed by atoms with Crippen LogP contribution in [0.2, 0.25) is 0 Å². The Balaban J connectivity index is 1.45. The SMILES string of the molecule is Cc1cc(C)nc(NS(=O)(=O)c2ccc(NC(=O)Cc3coc4ccc(C(C)(C)C)cc34)cc2)n1. The van der Waals surface area contributed by atoms with Gasteiger partial charge in [0.15, 0.2) is 0 Å². The van der Waals surface area contributed by atoms with Gasteiger partial charge in [0.1, 0.15) is 5.58 Å². The quantitative estimate of drug-likeness (QED) is 0.386. The largest absolute Gasteiger partial charge is 0.464 e. The van der Waals surface area contributed by atoms with Crippen LogP contribution in [0, 0.1) is 13.8 Å². The number of carbonyl (C=O) groups excluding carboxylic acids is 1. The predicted octanol–water partition coefficient (Wildman–Crippen LogP) is 5.12. The molecular formula is C26H28N4O4S. The van der Waals surface area contributed by atoms with E-state index in [0.717, 1.165) is 22.1 Å². The van der Waals surface area contributed by atoms with Crippen LogP contribution in [0.3, 0.4) is 0 Å². The summed E-state index contributed by atoms with van der Waals surface area (Å²) in [7, 11) is -3.87. The number of amides is 1. The molecule has 0 aliphatic rings. The highest BCUT2D eigenvalue weighted by atomic mass is 32.2. The topological polar surface area (TPSA) is 114 Å². The van der Waals surface area contributed by atoms with E-state index in [4.69, 9.17) is 4.42 Å². The first-order valence-corrected chi connectivity index (χ1v) is 12.6. The standard InChI is InChI=1S/C26H28N4O4S/c1-16-12-17(2)28-25(27-16)30-35(32,33)21-9-7-20(8-10-21)29-24(31)13-18-15-34-23-11-6-19(14-22(18)23)26(3,4)5/h6-12,14-15H,13H2,1-5H3,(H,29,31)(H,27,28,30). The van der Waals surface area contributed by atoms with Crippen molar-refractivity contribution in [1.29, 1.82) is 0 Å². The zero-order valence-electron chi connectivity index (χ0n) is 20.3. The smallest absolute Gasteiger partial charge is 0.264 e. The van der Waals surface area contributed by atoms with Gasteiger partial charge in [-0.1, -0.05) is 26.8 Å². The van der Waals surface area contributed by atoms with Crippen molar-refractivity contribution in [1.82, 2.24) is 9.97 Å². The summed E-state index contributed by atoms with van der Waals surface area (Å²) >= 11 is 0. The van der Waals surface area contributed by atoms with Crippen LogP contribution in [0.5, 0.6) is 0 Å². The number of furan rings is 1. The number of aromatic nitrogens is 2. The van der Waals surface area contributed by atoms with E-state index in [0.29, 0.717) is 17.1 Å². The molecule has 2 aromatic carbocycles. The van der Waals surface area contributed by atoms with Crippen LogP contribution in [-0.4, -0.2) is 24.3 Å². The Labute approximate surface area is 204 Å². The molecule has 0 fully saturated rings. The first-order valence-electron chi connectivity index (χ1n) is 11.2. The number of hydrogen-bond donors (Lipinski definition) is 2. The molecule has 9 heteroatoms. The molecule has 0 aliphatic carbocycles. The van der Waals surface area contributed by atoms with Crippen LogP contribution in [-0.2, 0) is 26.7 Å². The van der Waals surface area contributed by atoms with Gasteiger partial charge in [0.05, 0.1) is 17.6 Å². The molecule has 0 aliphatic heterocycles. The number of aryl methyl sites for hydroxylation is 2. The monoisotopic (exact) mass is 492 g/mol. The Hall–Kier alpha value is -3.72. The van der Waals surface area contributed by atoms with Gasteiger partial charge >= 0.3 is 0 Å². The summed E-state index contributed by atoms with van der Waals surface area (Å²) < 4.78 is 33.4. The van der Waals surface area contributed by atoms with E-state index in [1.54, 1.807) is 38.3 Å². The molecule has 0 spiro atoms. The number of anilines is 2. The molecule has 0 bridgehead atoms. The van der Waals surface area contributed by atoms with Crippen molar-refractivity contribution in [3.63, 3.8) is 0 Å². The third-order valence-electron chi connectivity index (χ3n) is 5.53. The summed E-state index contributed by atoms with van der Waals surface area (Å²) in [6.07, 6.45) is 1.74. The lowest BCUT2D eigenvalue weighted by Crippen LogP contribution is -2.16. The van der Waals surface area contributed by atoms with E-state index in [1.807, 2.05) is 12.1 Å². The second kappa shape index (κ2) is 9.14. The maximum atomic E-state index is 12.7. The Morgan fingerprint density at radius 2 is 1.63 bits per heavy atom. The Morgan fingerprint density at radius 3 is 2.26 bits per heavy atom. The molecule has 1 amide bonds. The van der Waals surface area contributed by atoms with Crippen LogP contribution in [0.25, 0.3) is 11.0 Å². The highest BCUT2D eigenvalue weighted by Crippen LogP contribution is 2.29. The first-order chi connectivity index (χ1) is 16.4. The Bertz CT molecular complexity index is 1480. The molecule has 2 heterocycles. The van der Waals surface area contributed by atoms with Gasteiger partial charge in [-0.3, -0.25) is 4.79 Å². The highest BCUT2D eigenvalue weighted by Gasteiger charge is 2.18. The van der Waals surface area contributed by atoms with Crippen LogP contribution in [0.1, 0.15) is 43.3 Å². The molecule has 2 N–H and O–H groups in total. The lowest BCUT2D eigenvalue weighted by molar-refractivity contribution is -0.115. The average Bonchev–Trinajstić information content (AvgIpc) is 3.14. The number of fused-ring (bicyclic) bond motifs is 1. The van der Waals surface area contributed by atoms with Gasteiger partial charge in [0.25, 0.3) is 10.0 Å². The average molecular weight is 493 g/mol. The normalized spacial score (nSPS) is 12.0. The van der Waals surface area contributed by atoms with Gasteiger partial charge in [0, 0.05) is 28.0 Å². The van der Waals surface area contributed by atoms with Crippen molar-refractivity contribution in [2.24, 2.45) is 0 Å². The Morgan fingerprint density at radius 1 is 0.971 bits per heavy atom. The lowest BCUT2D eigenvalue weighted by atomic mass is 9.86. The van der Waals surface area contributed by atoms with Crippen molar-refractivity contribution in [3.05, 3.63) is 77.3 Å². The van der Waals surface area contributed by atoms with Crippen molar-refractivity contribution < 1.29 is 17.6 Å². The summed E-state index contributed by atoms with van der Waals surface area (Å²) in [5.74, 6) is -0.215. The Kier molecular flexibility index (Phi) is 6.38. The van der Waals surface area contributed by atoms with Crippen molar-refractivity contribution in [2.75, 3.05) is 10.0 Å². The van der Waals surface area contributed by atoms with Gasteiger partial charge in [-0.2, -0.15) is 0 Å². The molecular weight excluding hydrogens is 464 g/mol. The molecule has 0 atom stereocenters. The van der Waals surface area contributed by atoms with Gasteiger partial charge < -0.3 is 9.73 Å². The number of nitrogens with one attached hydrogen (secondary N) is 2. The van der Waals surface area contributed by atoms with E-state index in [-0.39, 0.29) is 28.6 Å². The maximum absolute atomic E-state index is 12.7. The molecule has 182 valence electrons. The number of hydrogen-bond acceptors (Lipinski definition) is 6. The van der Waals surface area contributed by atoms with Crippen molar-refractivity contribution in [3.8, 4) is 0 Å². The molecule has 35 heavy (non-hydrogen) atoms. The molecule has 2 aromatic heterocycles. The van der Waals surface area contributed by atoms with Crippen molar-refractivity contribution in [2.45, 2.75) is 51.3 Å². The summed E-state index contributed by atoms with van der Waals surface area (Å²) in [5, 5.41) is 3.72. The fourth-order valence-electron chi connectivity index (χ4n) is 3.73. The van der Waals surface area contributed by atoms with Crippen LogP contribution in [0.4, 0.5) is 11.6 Å². The molecule has 4 aromatic rings. The van der Waals surface area contributed by atoms with E-state index in [9.17, 15) is 13.2 Å². The fourth-order valence-corrected chi connectivity index (χ4v) is 4.68. The summed E-state index contributed by atoms with van der Waals surface area (Å²) in [6.45, 7) is 9.93. The molecule has 0 saturated carbocycles. The van der Waals surface area contributed by atoms with Crippen LogP contribution >= 0.6 is 0 Å². The highest BCUT2D eigenvalue weighted by molar-refractivity contribution is 7.92. The van der Waals surface area contributed by atoms with E-state index in [1.165, 1.54) is 12.1 Å². The maximum Gasteiger partial charge on any atom is 0.264 e. The number of benzene rings is 2. The zero-order chi connectivity index (χ0) is 25.4. The van der Waals surface area contributed by atoms with E-state index >= 15 is 0 Å². The third-order valence-corrected chi connectivity index (χ3v) is 6.87. The summed E-state index contributed by atoms with van der Waals surface area (Å²) in [4.78, 5) is 21.0. The lowest BCUT2D eigenvalue weighted by Gasteiger charge is -2.18. The minimum Gasteiger partial charge on any atom is -0.464 e. The van der Waals surface area contributed by atoms with Crippen molar-refractivity contribution >= 4 is 38.5 Å². The molecule has 4 rings (SSSR count).